The molecule has 0 saturated heterocycles. The SMILES string of the molecule is CC(C)(C)OC(=O)NCC(=O)NCCNc1ccc(-c2c[nH]c3cc(F)ccc23)cn1. The van der Waals surface area contributed by atoms with Crippen LogP contribution in [0.1, 0.15) is 20.8 Å². The molecule has 0 spiro atoms. The predicted octanol–water partition coefficient (Wildman–Crippen LogP) is 3.42. The normalized spacial score (nSPS) is 11.2. The molecule has 0 atom stereocenters. The van der Waals surface area contributed by atoms with Gasteiger partial charge in [0.25, 0.3) is 0 Å². The first-order valence-electron chi connectivity index (χ1n) is 9.92. The molecule has 31 heavy (non-hydrogen) atoms. The van der Waals surface area contributed by atoms with Gasteiger partial charge in [0.1, 0.15) is 17.2 Å². The van der Waals surface area contributed by atoms with Gasteiger partial charge in [0.05, 0.1) is 6.54 Å². The number of H-pyrrole nitrogens is 1. The number of ether oxygens (including phenoxy) is 1. The minimum Gasteiger partial charge on any atom is -0.444 e. The van der Waals surface area contributed by atoms with Gasteiger partial charge in [-0.15, -0.1) is 0 Å². The van der Waals surface area contributed by atoms with Crippen molar-refractivity contribution in [1.82, 2.24) is 20.6 Å². The fourth-order valence-electron chi connectivity index (χ4n) is 2.92. The molecule has 0 fully saturated rings. The van der Waals surface area contributed by atoms with E-state index in [2.05, 4.69) is 25.9 Å². The number of nitrogens with one attached hydrogen (secondary N) is 4. The van der Waals surface area contributed by atoms with Crippen molar-refractivity contribution >= 4 is 28.7 Å². The Bertz CT molecular complexity index is 1060. The van der Waals surface area contributed by atoms with Crippen molar-refractivity contribution in [2.24, 2.45) is 0 Å². The van der Waals surface area contributed by atoms with Crippen LogP contribution in [0.15, 0.2) is 42.7 Å². The Kier molecular flexibility index (Phi) is 6.74. The Balaban J connectivity index is 1.42. The van der Waals surface area contributed by atoms with Crippen molar-refractivity contribution in [1.29, 1.82) is 0 Å². The Morgan fingerprint density at radius 2 is 1.94 bits per heavy atom. The zero-order valence-corrected chi connectivity index (χ0v) is 17.7. The second kappa shape index (κ2) is 9.46. The third kappa shape index (κ3) is 6.43. The largest absolute Gasteiger partial charge is 0.444 e. The van der Waals surface area contributed by atoms with Gasteiger partial charge < -0.3 is 25.7 Å². The topological polar surface area (TPSA) is 108 Å². The van der Waals surface area contributed by atoms with Gasteiger partial charge in [0.15, 0.2) is 0 Å². The molecule has 2 aromatic heterocycles. The van der Waals surface area contributed by atoms with Crippen molar-refractivity contribution in [3.05, 3.63) is 48.5 Å². The zero-order valence-electron chi connectivity index (χ0n) is 17.7. The van der Waals surface area contributed by atoms with Gasteiger partial charge in [-0.05, 0) is 51.1 Å². The minimum atomic E-state index is -0.634. The lowest BCUT2D eigenvalue weighted by molar-refractivity contribution is -0.120. The molecular weight excluding hydrogens is 401 g/mol. The predicted molar refractivity (Wildman–Crippen MR) is 117 cm³/mol. The number of benzene rings is 1. The average Bonchev–Trinajstić information content (AvgIpc) is 3.12. The summed E-state index contributed by atoms with van der Waals surface area (Å²) in [6, 6.07) is 8.39. The molecule has 1 aromatic carbocycles. The summed E-state index contributed by atoms with van der Waals surface area (Å²) in [4.78, 5) is 30.8. The fourth-order valence-corrected chi connectivity index (χ4v) is 2.92. The number of alkyl carbamates (subject to hydrolysis) is 1. The third-order valence-corrected chi connectivity index (χ3v) is 4.26. The smallest absolute Gasteiger partial charge is 0.408 e. The number of aromatic nitrogens is 2. The van der Waals surface area contributed by atoms with Gasteiger partial charge in [0.2, 0.25) is 5.91 Å². The molecule has 164 valence electrons. The molecule has 2 heterocycles. The molecule has 3 aromatic rings. The molecule has 2 amide bonds. The summed E-state index contributed by atoms with van der Waals surface area (Å²) in [6.45, 7) is 5.93. The number of rotatable bonds is 7. The summed E-state index contributed by atoms with van der Waals surface area (Å²) < 4.78 is 18.4. The van der Waals surface area contributed by atoms with Crippen molar-refractivity contribution < 1.29 is 18.7 Å². The van der Waals surface area contributed by atoms with Crippen LogP contribution in [0.3, 0.4) is 0 Å². The van der Waals surface area contributed by atoms with Crippen LogP contribution in [0, 0.1) is 5.82 Å². The highest BCUT2D eigenvalue weighted by atomic mass is 19.1. The number of pyridine rings is 1. The van der Waals surface area contributed by atoms with Crippen LogP contribution < -0.4 is 16.0 Å². The van der Waals surface area contributed by atoms with E-state index in [4.69, 9.17) is 4.74 Å². The van der Waals surface area contributed by atoms with Crippen LogP contribution in [0.4, 0.5) is 15.0 Å². The number of carbonyl (C=O) groups is 2. The molecule has 0 saturated carbocycles. The summed E-state index contributed by atoms with van der Waals surface area (Å²) in [5, 5.41) is 9.14. The van der Waals surface area contributed by atoms with Gasteiger partial charge in [-0.2, -0.15) is 0 Å². The van der Waals surface area contributed by atoms with E-state index in [-0.39, 0.29) is 18.3 Å². The summed E-state index contributed by atoms with van der Waals surface area (Å²) in [5.41, 5.74) is 1.97. The quantitative estimate of drug-likeness (QED) is 0.432. The summed E-state index contributed by atoms with van der Waals surface area (Å²) in [7, 11) is 0. The Morgan fingerprint density at radius 1 is 1.13 bits per heavy atom. The Hall–Kier alpha value is -3.62. The van der Waals surface area contributed by atoms with Crippen molar-refractivity contribution in [2.75, 3.05) is 25.0 Å². The van der Waals surface area contributed by atoms with E-state index >= 15 is 0 Å². The minimum absolute atomic E-state index is 0.156. The van der Waals surface area contributed by atoms with Gasteiger partial charge in [0, 0.05) is 47.5 Å². The number of aromatic amines is 1. The Labute approximate surface area is 179 Å². The highest BCUT2D eigenvalue weighted by Gasteiger charge is 2.16. The van der Waals surface area contributed by atoms with E-state index in [9.17, 15) is 14.0 Å². The molecule has 9 heteroatoms. The number of anilines is 1. The molecular formula is C22H26FN5O3. The lowest BCUT2D eigenvalue weighted by Gasteiger charge is -2.19. The van der Waals surface area contributed by atoms with E-state index in [0.29, 0.717) is 18.9 Å². The lowest BCUT2D eigenvalue weighted by Crippen LogP contribution is -2.40. The molecule has 0 radical (unpaired) electrons. The van der Waals surface area contributed by atoms with Gasteiger partial charge >= 0.3 is 6.09 Å². The Morgan fingerprint density at radius 3 is 2.65 bits per heavy atom. The van der Waals surface area contributed by atoms with Gasteiger partial charge in [-0.1, -0.05) is 0 Å². The highest BCUT2D eigenvalue weighted by molar-refractivity contribution is 5.95. The highest BCUT2D eigenvalue weighted by Crippen LogP contribution is 2.28. The second-order valence-electron chi connectivity index (χ2n) is 7.96. The van der Waals surface area contributed by atoms with Gasteiger partial charge in [-0.25, -0.2) is 14.2 Å². The molecule has 8 nitrogen and oxygen atoms in total. The maximum absolute atomic E-state index is 13.3. The van der Waals surface area contributed by atoms with Crippen molar-refractivity contribution in [3.8, 4) is 11.1 Å². The lowest BCUT2D eigenvalue weighted by atomic mass is 10.1. The number of amides is 2. The van der Waals surface area contributed by atoms with Crippen LogP contribution in [-0.4, -0.2) is 47.2 Å². The van der Waals surface area contributed by atoms with Crippen LogP contribution in [0.2, 0.25) is 0 Å². The maximum Gasteiger partial charge on any atom is 0.408 e. The third-order valence-electron chi connectivity index (χ3n) is 4.26. The molecule has 4 N–H and O–H groups in total. The summed E-state index contributed by atoms with van der Waals surface area (Å²) in [6.07, 6.45) is 2.93. The number of hydrogen-bond acceptors (Lipinski definition) is 5. The standard InChI is InChI=1S/C22H26FN5O3/c1-22(2,3)31-21(30)28-13-20(29)25-9-8-24-19-7-4-14(11-27-19)17-12-26-18-10-15(23)5-6-16(17)18/h4-7,10-12,26H,8-9,13H2,1-3H3,(H,24,27)(H,25,29)(H,28,30). The van der Waals surface area contributed by atoms with E-state index < -0.39 is 11.7 Å². The van der Waals surface area contributed by atoms with Crippen LogP contribution >= 0.6 is 0 Å². The number of nitrogens with zero attached hydrogens (tertiary/aromatic N) is 1. The second-order valence-corrected chi connectivity index (χ2v) is 7.96. The number of carbonyl (C=O) groups excluding carboxylic acids is 2. The molecule has 0 unspecified atom stereocenters. The molecule has 0 aliphatic heterocycles. The van der Waals surface area contributed by atoms with E-state index in [1.54, 1.807) is 33.0 Å². The average molecular weight is 427 g/mol. The molecule has 3 rings (SSSR count). The number of halogens is 1. The van der Waals surface area contributed by atoms with Crippen molar-refractivity contribution in [3.63, 3.8) is 0 Å². The van der Waals surface area contributed by atoms with Crippen LogP contribution in [-0.2, 0) is 9.53 Å². The first kappa shape index (κ1) is 22.1. The maximum atomic E-state index is 13.3. The van der Waals surface area contributed by atoms with E-state index in [1.807, 2.05) is 18.3 Å². The molecule has 0 aliphatic rings. The van der Waals surface area contributed by atoms with Crippen LogP contribution in [0.5, 0.6) is 0 Å². The molecule has 0 aliphatic carbocycles. The van der Waals surface area contributed by atoms with Crippen LogP contribution in [0.25, 0.3) is 22.0 Å². The van der Waals surface area contributed by atoms with Gasteiger partial charge in [-0.3, -0.25) is 4.79 Å². The zero-order chi connectivity index (χ0) is 22.4. The monoisotopic (exact) mass is 427 g/mol. The molecule has 0 bridgehead atoms. The summed E-state index contributed by atoms with van der Waals surface area (Å²) >= 11 is 0. The first-order chi connectivity index (χ1) is 14.7. The first-order valence-corrected chi connectivity index (χ1v) is 9.92. The van der Waals surface area contributed by atoms with Crippen molar-refractivity contribution in [2.45, 2.75) is 26.4 Å². The van der Waals surface area contributed by atoms with E-state index in [1.165, 1.54) is 12.1 Å². The number of hydrogen-bond donors (Lipinski definition) is 4. The van der Waals surface area contributed by atoms with E-state index in [0.717, 1.165) is 22.0 Å². The number of fused-ring (bicyclic) bond motifs is 1. The summed E-state index contributed by atoms with van der Waals surface area (Å²) in [5.74, 6) is 0.0637. The fraction of sp³-hybridized carbons (Fsp3) is 0.318.